The second-order valence-corrected chi connectivity index (χ2v) is 7.91. The lowest BCUT2D eigenvalue weighted by atomic mass is 10.1. The molecule has 0 aliphatic rings. The molecule has 1 heterocycles. The number of urea groups is 1. The summed E-state index contributed by atoms with van der Waals surface area (Å²) in [5.41, 5.74) is 7.09. The van der Waals surface area contributed by atoms with Crippen LogP contribution in [0.2, 0.25) is 0 Å². The molecule has 0 saturated heterocycles. The van der Waals surface area contributed by atoms with Crippen molar-refractivity contribution in [2.24, 2.45) is 5.73 Å². The van der Waals surface area contributed by atoms with Crippen LogP contribution in [0.25, 0.3) is 0 Å². The number of ether oxygens (including phenoxy) is 1. The third-order valence-corrected chi connectivity index (χ3v) is 4.71. The number of hydrogen-bond donors (Lipinski definition) is 4. The van der Waals surface area contributed by atoms with Crippen molar-refractivity contribution in [1.82, 2.24) is 15.3 Å². The van der Waals surface area contributed by atoms with Crippen LogP contribution in [-0.2, 0) is 4.79 Å². The van der Waals surface area contributed by atoms with E-state index in [1.54, 1.807) is 55.7 Å². The molecule has 5 N–H and O–H groups in total. The number of benzene rings is 2. The van der Waals surface area contributed by atoms with Crippen molar-refractivity contribution >= 4 is 45.2 Å². The number of aryl methyl sites for hydroxylation is 1. The molecule has 11 heteroatoms. The molecule has 33 heavy (non-hydrogen) atoms. The molecular formula is C22H21BrN6O4. The summed E-state index contributed by atoms with van der Waals surface area (Å²) < 4.78 is 6.37. The zero-order valence-corrected chi connectivity index (χ0v) is 19.3. The van der Waals surface area contributed by atoms with E-state index >= 15 is 0 Å². The summed E-state index contributed by atoms with van der Waals surface area (Å²) in [5.74, 6) is -0.624. The van der Waals surface area contributed by atoms with Gasteiger partial charge in [0, 0.05) is 18.1 Å². The molecule has 3 aromatic rings. The molecule has 1 aromatic heterocycles. The van der Waals surface area contributed by atoms with Gasteiger partial charge in [-0.3, -0.25) is 14.9 Å². The van der Waals surface area contributed by atoms with Crippen molar-refractivity contribution in [2.45, 2.75) is 19.9 Å². The monoisotopic (exact) mass is 512 g/mol. The zero-order chi connectivity index (χ0) is 24.0. The molecular weight excluding hydrogens is 492 g/mol. The van der Waals surface area contributed by atoms with Crippen LogP contribution in [0.1, 0.15) is 22.8 Å². The fraction of sp³-hybridized carbons (Fsp3) is 0.136. The Morgan fingerprint density at radius 1 is 1.06 bits per heavy atom. The molecule has 2 aromatic carbocycles. The fourth-order valence-corrected chi connectivity index (χ4v) is 2.87. The first-order valence-electron chi connectivity index (χ1n) is 9.77. The van der Waals surface area contributed by atoms with Gasteiger partial charge in [0.05, 0.1) is 21.8 Å². The third-order valence-electron chi connectivity index (χ3n) is 4.30. The van der Waals surface area contributed by atoms with Crippen molar-refractivity contribution in [3.05, 3.63) is 70.5 Å². The number of rotatable bonds is 6. The van der Waals surface area contributed by atoms with Crippen LogP contribution >= 0.6 is 15.9 Å². The number of carbonyl (C=O) groups excluding carboxylic acids is 3. The predicted octanol–water partition coefficient (Wildman–Crippen LogP) is 3.59. The summed E-state index contributed by atoms with van der Waals surface area (Å²) in [6.07, 6.45) is 3.13. The van der Waals surface area contributed by atoms with Crippen LogP contribution in [0.3, 0.4) is 0 Å². The molecule has 0 radical (unpaired) electrons. The molecule has 0 spiro atoms. The minimum absolute atomic E-state index is 0.121. The van der Waals surface area contributed by atoms with Crippen LogP contribution in [-0.4, -0.2) is 33.9 Å². The van der Waals surface area contributed by atoms with E-state index in [2.05, 4.69) is 41.8 Å². The smallest absolute Gasteiger partial charge is 0.326 e. The number of imide groups is 1. The highest BCUT2D eigenvalue weighted by Crippen LogP contribution is 2.25. The average molecular weight is 513 g/mol. The van der Waals surface area contributed by atoms with Crippen molar-refractivity contribution in [3.63, 3.8) is 0 Å². The maximum atomic E-state index is 12.6. The van der Waals surface area contributed by atoms with Crippen LogP contribution in [0, 0.1) is 6.92 Å². The summed E-state index contributed by atoms with van der Waals surface area (Å²) in [6, 6.07) is 9.93. The first kappa shape index (κ1) is 23.8. The van der Waals surface area contributed by atoms with E-state index < -0.39 is 23.9 Å². The molecule has 170 valence electrons. The van der Waals surface area contributed by atoms with E-state index in [1.807, 2.05) is 0 Å². The number of carbonyl (C=O) groups is 3. The minimum Gasteiger partial charge on any atom is -0.424 e. The van der Waals surface area contributed by atoms with Gasteiger partial charge in [0.2, 0.25) is 5.91 Å². The van der Waals surface area contributed by atoms with Gasteiger partial charge < -0.3 is 21.1 Å². The Morgan fingerprint density at radius 2 is 1.76 bits per heavy atom. The summed E-state index contributed by atoms with van der Waals surface area (Å²) in [4.78, 5) is 44.9. The summed E-state index contributed by atoms with van der Waals surface area (Å²) in [5, 5.41) is 7.40. The van der Waals surface area contributed by atoms with Gasteiger partial charge in [-0.25, -0.2) is 14.8 Å². The fourth-order valence-electron chi connectivity index (χ4n) is 2.66. The van der Waals surface area contributed by atoms with Crippen molar-refractivity contribution in [1.29, 1.82) is 0 Å². The first-order valence-corrected chi connectivity index (χ1v) is 10.6. The van der Waals surface area contributed by atoms with Crippen LogP contribution < -0.4 is 26.4 Å². The third kappa shape index (κ3) is 6.57. The number of anilines is 2. The Labute approximate surface area is 198 Å². The highest BCUT2D eigenvalue weighted by atomic mass is 79.9. The van der Waals surface area contributed by atoms with Gasteiger partial charge in [0.25, 0.3) is 5.91 Å². The number of nitrogens with one attached hydrogen (secondary N) is 3. The number of amides is 4. The van der Waals surface area contributed by atoms with Gasteiger partial charge in [-0.15, -0.1) is 0 Å². The summed E-state index contributed by atoms with van der Waals surface area (Å²) in [6.45, 7) is 3.31. The number of halogens is 1. The van der Waals surface area contributed by atoms with Gasteiger partial charge in [0.1, 0.15) is 5.75 Å². The lowest BCUT2D eigenvalue weighted by molar-refractivity contribution is -0.117. The SMILES string of the molecule is Cc1cc(NC(=O)NC(=O)c2ccccc2NC(=O)[C@H](C)N)ccc1Oc1ncc(Br)cn1. The predicted molar refractivity (Wildman–Crippen MR) is 126 cm³/mol. The van der Waals surface area contributed by atoms with E-state index in [4.69, 9.17) is 10.5 Å². The Balaban J connectivity index is 1.64. The van der Waals surface area contributed by atoms with Crippen LogP contribution in [0.5, 0.6) is 11.8 Å². The van der Waals surface area contributed by atoms with Crippen molar-refractivity contribution in [3.8, 4) is 11.8 Å². The number of hydrogen-bond acceptors (Lipinski definition) is 7. The van der Waals surface area contributed by atoms with Crippen molar-refractivity contribution in [2.75, 3.05) is 10.6 Å². The molecule has 3 rings (SSSR count). The molecule has 0 bridgehead atoms. The molecule has 0 saturated carbocycles. The van der Waals surface area contributed by atoms with E-state index in [1.165, 1.54) is 13.0 Å². The summed E-state index contributed by atoms with van der Waals surface area (Å²) >= 11 is 3.26. The van der Waals surface area contributed by atoms with Gasteiger partial charge in [0.15, 0.2) is 0 Å². The second-order valence-electron chi connectivity index (χ2n) is 7.00. The Hall–Kier alpha value is -3.83. The van der Waals surface area contributed by atoms with E-state index in [0.29, 0.717) is 11.4 Å². The van der Waals surface area contributed by atoms with Crippen LogP contribution in [0.4, 0.5) is 16.2 Å². The highest BCUT2D eigenvalue weighted by molar-refractivity contribution is 9.10. The van der Waals surface area contributed by atoms with Crippen molar-refractivity contribution < 1.29 is 19.1 Å². The molecule has 0 unspecified atom stereocenters. The van der Waals surface area contributed by atoms with Gasteiger partial charge in [-0.1, -0.05) is 12.1 Å². The molecule has 0 aliphatic carbocycles. The van der Waals surface area contributed by atoms with Gasteiger partial charge >= 0.3 is 12.0 Å². The maximum absolute atomic E-state index is 12.6. The summed E-state index contributed by atoms with van der Waals surface area (Å²) in [7, 11) is 0. The highest BCUT2D eigenvalue weighted by Gasteiger charge is 2.17. The lowest BCUT2D eigenvalue weighted by Crippen LogP contribution is -2.36. The number of aromatic nitrogens is 2. The minimum atomic E-state index is -0.755. The quantitative estimate of drug-likeness (QED) is 0.394. The zero-order valence-electron chi connectivity index (χ0n) is 17.8. The van der Waals surface area contributed by atoms with Gasteiger partial charge in [-0.05, 0) is 65.7 Å². The largest absolute Gasteiger partial charge is 0.424 e. The second kappa shape index (κ2) is 10.7. The molecule has 1 atom stereocenters. The Kier molecular flexibility index (Phi) is 7.70. The van der Waals surface area contributed by atoms with E-state index in [-0.39, 0.29) is 17.3 Å². The van der Waals surface area contributed by atoms with Gasteiger partial charge in [-0.2, -0.15) is 0 Å². The molecule has 10 nitrogen and oxygen atoms in total. The Bertz CT molecular complexity index is 1180. The normalized spacial score (nSPS) is 11.3. The first-order chi connectivity index (χ1) is 15.7. The molecule has 4 amide bonds. The number of nitrogens with zero attached hydrogens (tertiary/aromatic N) is 2. The molecule has 0 fully saturated rings. The molecule has 0 aliphatic heterocycles. The van der Waals surface area contributed by atoms with E-state index in [0.717, 1.165) is 10.0 Å². The van der Waals surface area contributed by atoms with Crippen LogP contribution in [0.15, 0.2) is 59.3 Å². The van der Waals surface area contributed by atoms with E-state index in [9.17, 15) is 14.4 Å². The number of nitrogens with two attached hydrogens (primary N) is 1. The topological polar surface area (TPSA) is 148 Å². The Morgan fingerprint density at radius 3 is 2.42 bits per heavy atom. The standard InChI is InChI=1S/C22H21BrN6O4/c1-12-9-15(7-8-18(12)33-22-25-10-14(23)11-26-22)27-21(32)29-20(31)16-5-3-4-6-17(16)28-19(30)13(2)24/h3-11,13H,24H2,1-2H3,(H,28,30)(H2,27,29,31,32)/t13-/m0/s1. The lowest BCUT2D eigenvalue weighted by Gasteiger charge is -2.13. The number of para-hydroxylation sites is 1. The maximum Gasteiger partial charge on any atom is 0.326 e. The average Bonchev–Trinajstić information content (AvgIpc) is 2.77.